The van der Waals surface area contributed by atoms with Crippen molar-refractivity contribution in [1.82, 2.24) is 10.6 Å². The molecule has 0 saturated carbocycles. The maximum Gasteiger partial charge on any atom is 0.251 e. The molecule has 140 valence electrons. The van der Waals surface area contributed by atoms with Crippen LogP contribution in [0.25, 0.3) is 0 Å². The molecule has 2 aliphatic rings. The number of halogens is 1. The number of hydrogen-bond donors (Lipinski definition) is 3. The van der Waals surface area contributed by atoms with Crippen LogP contribution in [0.3, 0.4) is 0 Å². The number of rotatable bonds is 6. The van der Waals surface area contributed by atoms with E-state index in [0.29, 0.717) is 29.8 Å². The number of nitrogens with one attached hydrogen (secondary N) is 3. The van der Waals surface area contributed by atoms with Gasteiger partial charge in [-0.05, 0) is 56.4 Å². The van der Waals surface area contributed by atoms with Crippen LogP contribution < -0.4 is 15.4 Å². The van der Waals surface area contributed by atoms with E-state index < -0.39 is 10.0 Å². The first kappa shape index (κ1) is 20.0. The molecule has 2 saturated heterocycles. The van der Waals surface area contributed by atoms with E-state index in [9.17, 15) is 13.2 Å². The van der Waals surface area contributed by atoms with E-state index >= 15 is 0 Å². The monoisotopic (exact) mass is 387 g/mol. The fraction of sp³-hybridized carbons (Fsp3) is 0.588. The fourth-order valence-corrected chi connectivity index (χ4v) is 4.77. The zero-order valence-corrected chi connectivity index (χ0v) is 16.0. The third kappa shape index (κ3) is 5.33. The summed E-state index contributed by atoms with van der Waals surface area (Å²) >= 11 is 0. The lowest BCUT2D eigenvalue weighted by Gasteiger charge is -2.29. The van der Waals surface area contributed by atoms with Crippen molar-refractivity contribution in [3.05, 3.63) is 29.8 Å². The third-order valence-corrected chi connectivity index (χ3v) is 6.19. The maximum absolute atomic E-state index is 12.4. The molecule has 2 heterocycles. The Balaban J connectivity index is 0.00000225. The highest BCUT2D eigenvalue weighted by Crippen LogP contribution is 2.27. The van der Waals surface area contributed by atoms with Gasteiger partial charge >= 0.3 is 0 Å². The molecular weight excluding hydrogens is 362 g/mol. The topological polar surface area (TPSA) is 87.3 Å². The predicted molar refractivity (Wildman–Crippen MR) is 102 cm³/mol. The number of amides is 1. The van der Waals surface area contributed by atoms with E-state index in [1.807, 2.05) is 6.92 Å². The number of carbonyl (C=O) groups excluding carboxylic acids is 1. The highest BCUT2D eigenvalue weighted by Gasteiger charge is 2.34. The molecule has 1 aromatic carbocycles. The van der Waals surface area contributed by atoms with E-state index in [2.05, 4.69) is 15.4 Å². The molecule has 1 amide bonds. The number of hydrogen-bond acceptors (Lipinski definition) is 4. The Morgan fingerprint density at radius 3 is 2.32 bits per heavy atom. The second-order valence-corrected chi connectivity index (χ2v) is 8.62. The second kappa shape index (κ2) is 8.38. The minimum Gasteiger partial charge on any atom is -0.349 e. The molecule has 3 N–H and O–H groups in total. The highest BCUT2D eigenvalue weighted by molar-refractivity contribution is 7.92. The first-order valence-electron chi connectivity index (χ1n) is 8.62. The van der Waals surface area contributed by atoms with Crippen LogP contribution >= 0.6 is 12.4 Å². The summed E-state index contributed by atoms with van der Waals surface area (Å²) in [4.78, 5) is 12.4. The molecule has 2 bridgehead atoms. The van der Waals surface area contributed by atoms with Crippen LogP contribution in [0.2, 0.25) is 0 Å². The molecule has 0 radical (unpaired) electrons. The van der Waals surface area contributed by atoms with Crippen molar-refractivity contribution in [2.24, 2.45) is 0 Å². The average molecular weight is 388 g/mol. The molecule has 2 unspecified atom stereocenters. The molecule has 8 heteroatoms. The molecule has 2 aliphatic heterocycles. The van der Waals surface area contributed by atoms with Gasteiger partial charge in [-0.1, -0.05) is 6.92 Å². The molecule has 0 aliphatic carbocycles. The smallest absolute Gasteiger partial charge is 0.251 e. The summed E-state index contributed by atoms with van der Waals surface area (Å²) in [6.45, 7) is 1.82. The zero-order valence-electron chi connectivity index (χ0n) is 14.3. The van der Waals surface area contributed by atoms with Gasteiger partial charge in [0.15, 0.2) is 0 Å². The van der Waals surface area contributed by atoms with Crippen LogP contribution in [0.5, 0.6) is 0 Å². The predicted octanol–water partition coefficient (Wildman–Crippen LogP) is 2.27. The fourth-order valence-electron chi connectivity index (χ4n) is 3.63. The Labute approximate surface area is 155 Å². The Morgan fingerprint density at radius 1 is 1.16 bits per heavy atom. The summed E-state index contributed by atoms with van der Waals surface area (Å²) in [5.74, 6) is -0.00271. The second-order valence-electron chi connectivity index (χ2n) is 6.78. The molecule has 3 rings (SSSR count). The van der Waals surface area contributed by atoms with Gasteiger partial charge in [-0.2, -0.15) is 0 Å². The minimum absolute atomic E-state index is 0. The van der Waals surface area contributed by atoms with Crippen LogP contribution in [-0.2, 0) is 10.0 Å². The lowest BCUT2D eigenvalue weighted by atomic mass is 9.99. The van der Waals surface area contributed by atoms with Gasteiger partial charge in [0.25, 0.3) is 5.91 Å². The number of benzene rings is 1. The summed E-state index contributed by atoms with van der Waals surface area (Å²) in [7, 11) is -3.30. The van der Waals surface area contributed by atoms with Crippen molar-refractivity contribution >= 4 is 34.0 Å². The maximum atomic E-state index is 12.4. The van der Waals surface area contributed by atoms with Crippen molar-refractivity contribution in [3.8, 4) is 0 Å². The molecule has 0 spiro atoms. The van der Waals surface area contributed by atoms with E-state index in [0.717, 1.165) is 12.8 Å². The molecule has 2 fully saturated rings. The minimum atomic E-state index is -3.30. The Kier molecular flexibility index (Phi) is 6.71. The number of piperidine rings is 1. The number of fused-ring (bicyclic) bond motifs is 2. The van der Waals surface area contributed by atoms with E-state index in [-0.39, 0.29) is 30.1 Å². The number of sulfonamides is 1. The van der Waals surface area contributed by atoms with Crippen LogP contribution in [0, 0.1) is 0 Å². The molecule has 6 nitrogen and oxygen atoms in total. The average Bonchev–Trinajstić information content (AvgIpc) is 2.86. The van der Waals surface area contributed by atoms with Gasteiger partial charge in [0.2, 0.25) is 10.0 Å². The van der Waals surface area contributed by atoms with Crippen molar-refractivity contribution < 1.29 is 13.2 Å². The lowest BCUT2D eigenvalue weighted by Crippen LogP contribution is -2.48. The zero-order chi connectivity index (χ0) is 17.2. The van der Waals surface area contributed by atoms with Gasteiger partial charge in [0.05, 0.1) is 5.75 Å². The van der Waals surface area contributed by atoms with Crippen molar-refractivity contribution in [3.63, 3.8) is 0 Å². The molecule has 25 heavy (non-hydrogen) atoms. The molecule has 2 atom stereocenters. The van der Waals surface area contributed by atoms with E-state index in [1.165, 1.54) is 12.8 Å². The Hall–Kier alpha value is -1.31. The lowest BCUT2D eigenvalue weighted by molar-refractivity contribution is 0.0924. The molecule has 0 aromatic heterocycles. The van der Waals surface area contributed by atoms with Crippen molar-refractivity contribution in [1.29, 1.82) is 0 Å². The summed E-state index contributed by atoms with van der Waals surface area (Å²) < 4.78 is 26.0. The largest absolute Gasteiger partial charge is 0.349 e. The highest BCUT2D eigenvalue weighted by atomic mass is 35.5. The normalized spacial score (nSPS) is 25.1. The van der Waals surface area contributed by atoms with Gasteiger partial charge in [0.1, 0.15) is 0 Å². The Morgan fingerprint density at radius 2 is 1.76 bits per heavy atom. The quantitative estimate of drug-likeness (QED) is 0.698. The van der Waals surface area contributed by atoms with E-state index in [1.54, 1.807) is 24.3 Å². The van der Waals surface area contributed by atoms with Gasteiger partial charge in [0, 0.05) is 29.4 Å². The first-order valence-corrected chi connectivity index (χ1v) is 10.3. The number of carbonyl (C=O) groups is 1. The molecule has 1 aromatic rings. The van der Waals surface area contributed by atoms with Crippen LogP contribution in [0.4, 0.5) is 5.69 Å². The van der Waals surface area contributed by atoms with Crippen LogP contribution in [-0.4, -0.2) is 38.2 Å². The summed E-state index contributed by atoms with van der Waals surface area (Å²) in [5, 5.41) is 6.66. The van der Waals surface area contributed by atoms with Gasteiger partial charge < -0.3 is 10.6 Å². The molecular formula is C17H26ClN3O3S. The van der Waals surface area contributed by atoms with Crippen molar-refractivity contribution in [2.75, 3.05) is 10.5 Å². The third-order valence-electron chi connectivity index (χ3n) is 4.70. The van der Waals surface area contributed by atoms with Gasteiger partial charge in [-0.15, -0.1) is 12.4 Å². The van der Waals surface area contributed by atoms with Crippen LogP contribution in [0.1, 0.15) is 49.4 Å². The van der Waals surface area contributed by atoms with Gasteiger partial charge in [-0.25, -0.2) is 8.42 Å². The number of anilines is 1. The SMILES string of the molecule is CCCS(=O)(=O)Nc1ccc(C(=O)NC2CC3CCC(C2)N3)cc1.Cl. The summed E-state index contributed by atoms with van der Waals surface area (Å²) in [6.07, 6.45) is 4.93. The Bertz CT molecular complexity index is 682. The first-order chi connectivity index (χ1) is 11.4. The van der Waals surface area contributed by atoms with E-state index in [4.69, 9.17) is 0 Å². The van der Waals surface area contributed by atoms with Gasteiger partial charge in [-0.3, -0.25) is 9.52 Å². The summed E-state index contributed by atoms with van der Waals surface area (Å²) in [5.41, 5.74) is 1.04. The summed E-state index contributed by atoms with van der Waals surface area (Å²) in [6, 6.07) is 7.87. The van der Waals surface area contributed by atoms with Crippen LogP contribution in [0.15, 0.2) is 24.3 Å². The van der Waals surface area contributed by atoms with Crippen molar-refractivity contribution in [2.45, 2.75) is 57.2 Å². The standard InChI is InChI=1S/C17H25N3O3S.ClH/c1-2-9-24(22,23)20-13-5-3-12(4-6-13)17(21)19-16-10-14-7-8-15(11-16)18-14;/h3-6,14-16,18,20H,2,7-11H2,1H3,(H,19,21);1H.